The number of Topliss-reactive ketones (excluding diaryl/α,β-unsaturated/α-hetero) is 1. The molecule has 1 aromatic rings. The van der Waals surface area contributed by atoms with Gasteiger partial charge in [0.15, 0.2) is 5.78 Å². The van der Waals surface area contributed by atoms with E-state index in [1.165, 1.54) is 0 Å². The Morgan fingerprint density at radius 1 is 1.38 bits per heavy atom. The minimum atomic E-state index is -0.0284. The average Bonchev–Trinajstić information content (AvgIpc) is 2.03. The first kappa shape index (κ1) is 10.7. The monoisotopic (exact) mass is 302 g/mol. The Bertz CT molecular complexity index is 369. The van der Waals surface area contributed by atoms with Crippen molar-refractivity contribution in [3.05, 3.63) is 44.9 Å². The number of halogens is 2. The highest BCUT2D eigenvalue weighted by Crippen LogP contribution is 2.23. The fraction of sp³-hybridized carbons (Fsp3) is 0.100. The normalized spacial score (nSPS) is 9.77. The molecule has 0 N–H and O–H groups in total. The van der Waals surface area contributed by atoms with Crippen molar-refractivity contribution in [1.29, 1.82) is 0 Å². The summed E-state index contributed by atoms with van der Waals surface area (Å²) in [5, 5.41) is 0. The molecule has 0 amide bonds. The number of rotatable bonds is 2. The van der Waals surface area contributed by atoms with Crippen LogP contribution < -0.4 is 0 Å². The lowest BCUT2D eigenvalue weighted by molar-refractivity contribution is 0.103. The van der Waals surface area contributed by atoms with Crippen LogP contribution in [0.15, 0.2) is 39.3 Å². The van der Waals surface area contributed by atoms with E-state index in [9.17, 15) is 4.79 Å². The lowest BCUT2D eigenvalue weighted by atomic mass is 10.1. The predicted octanol–water partition coefficient (Wildman–Crippen LogP) is 3.97. The summed E-state index contributed by atoms with van der Waals surface area (Å²) in [5.41, 5.74) is 1.19. The standard InChI is InChI=1S/C10H8Br2O/c1-6(2)10(13)8-4-3-7(11)5-9(8)12/h3-5H,1H2,2H3. The Hall–Kier alpha value is -0.410. The van der Waals surface area contributed by atoms with Gasteiger partial charge in [-0.2, -0.15) is 0 Å². The molecule has 0 atom stereocenters. The van der Waals surface area contributed by atoms with Crippen molar-refractivity contribution in [3.63, 3.8) is 0 Å². The molecule has 0 unspecified atom stereocenters. The molecule has 68 valence electrons. The second-order valence-electron chi connectivity index (χ2n) is 2.73. The fourth-order valence-corrected chi connectivity index (χ4v) is 2.13. The maximum Gasteiger partial charge on any atom is 0.189 e. The molecule has 1 aromatic carbocycles. The largest absolute Gasteiger partial charge is 0.289 e. The van der Waals surface area contributed by atoms with E-state index in [0.717, 1.165) is 8.95 Å². The van der Waals surface area contributed by atoms with Crippen LogP contribution in [-0.2, 0) is 0 Å². The Kier molecular flexibility index (Phi) is 3.45. The van der Waals surface area contributed by atoms with Crippen LogP contribution in [-0.4, -0.2) is 5.78 Å². The van der Waals surface area contributed by atoms with Crippen LogP contribution in [0.5, 0.6) is 0 Å². The van der Waals surface area contributed by atoms with E-state index < -0.39 is 0 Å². The third kappa shape index (κ3) is 2.51. The third-order valence-corrected chi connectivity index (χ3v) is 2.71. The molecule has 0 bridgehead atoms. The van der Waals surface area contributed by atoms with Gasteiger partial charge in [0.05, 0.1) is 0 Å². The van der Waals surface area contributed by atoms with Gasteiger partial charge in [-0.15, -0.1) is 0 Å². The maximum atomic E-state index is 11.5. The number of carbonyl (C=O) groups excluding carboxylic acids is 1. The van der Waals surface area contributed by atoms with E-state index in [0.29, 0.717) is 11.1 Å². The zero-order valence-electron chi connectivity index (χ0n) is 7.10. The molecular weight excluding hydrogens is 296 g/mol. The van der Waals surface area contributed by atoms with E-state index in [1.807, 2.05) is 12.1 Å². The highest BCUT2D eigenvalue weighted by molar-refractivity contribution is 9.11. The maximum absolute atomic E-state index is 11.5. The van der Waals surface area contributed by atoms with Crippen LogP contribution in [0.2, 0.25) is 0 Å². The van der Waals surface area contributed by atoms with Crippen LogP contribution in [0.25, 0.3) is 0 Å². The second-order valence-corrected chi connectivity index (χ2v) is 4.50. The smallest absolute Gasteiger partial charge is 0.189 e. The summed E-state index contributed by atoms with van der Waals surface area (Å²) in [6.07, 6.45) is 0. The lowest BCUT2D eigenvalue weighted by Crippen LogP contribution is -2.00. The molecule has 0 aromatic heterocycles. The number of allylic oxidation sites excluding steroid dienone is 1. The zero-order valence-corrected chi connectivity index (χ0v) is 10.3. The number of hydrogen-bond donors (Lipinski definition) is 0. The molecule has 0 aliphatic rings. The van der Waals surface area contributed by atoms with Gasteiger partial charge in [0, 0.05) is 14.5 Å². The van der Waals surface area contributed by atoms with Gasteiger partial charge in [-0.1, -0.05) is 22.5 Å². The molecule has 3 heteroatoms. The van der Waals surface area contributed by atoms with Crippen LogP contribution in [0.3, 0.4) is 0 Å². The fourth-order valence-electron chi connectivity index (χ4n) is 0.904. The Balaban J connectivity index is 3.16. The number of carbonyl (C=O) groups is 1. The van der Waals surface area contributed by atoms with Crippen molar-refractivity contribution >= 4 is 37.6 Å². The Morgan fingerprint density at radius 2 is 2.00 bits per heavy atom. The minimum absolute atomic E-state index is 0.0284. The van der Waals surface area contributed by atoms with Crippen LogP contribution in [0.4, 0.5) is 0 Å². The van der Waals surface area contributed by atoms with Crippen LogP contribution in [0.1, 0.15) is 17.3 Å². The van der Waals surface area contributed by atoms with Gasteiger partial charge < -0.3 is 0 Å². The Labute approximate surface area is 94.1 Å². The summed E-state index contributed by atoms with van der Waals surface area (Å²) in [6, 6.07) is 5.45. The molecule has 0 saturated carbocycles. The molecule has 0 radical (unpaired) electrons. The first-order valence-electron chi connectivity index (χ1n) is 3.67. The number of hydrogen-bond acceptors (Lipinski definition) is 1. The van der Waals surface area contributed by atoms with E-state index >= 15 is 0 Å². The molecular formula is C10H8Br2O. The van der Waals surface area contributed by atoms with Crippen molar-refractivity contribution in [3.8, 4) is 0 Å². The molecule has 0 aliphatic carbocycles. The summed E-state index contributed by atoms with van der Waals surface area (Å²) < 4.78 is 1.73. The van der Waals surface area contributed by atoms with Gasteiger partial charge in [-0.25, -0.2) is 0 Å². The first-order valence-corrected chi connectivity index (χ1v) is 5.26. The van der Waals surface area contributed by atoms with Crippen LogP contribution >= 0.6 is 31.9 Å². The summed E-state index contributed by atoms with van der Waals surface area (Å²) in [7, 11) is 0. The summed E-state index contributed by atoms with van der Waals surface area (Å²) in [4.78, 5) is 11.5. The molecule has 1 rings (SSSR count). The van der Waals surface area contributed by atoms with Crippen molar-refractivity contribution in [1.82, 2.24) is 0 Å². The molecule has 0 aliphatic heterocycles. The summed E-state index contributed by atoms with van der Waals surface area (Å²) in [6.45, 7) is 5.32. The molecule has 13 heavy (non-hydrogen) atoms. The average molecular weight is 304 g/mol. The van der Waals surface area contributed by atoms with Crippen molar-refractivity contribution in [2.24, 2.45) is 0 Å². The van der Waals surface area contributed by atoms with Gasteiger partial charge in [0.25, 0.3) is 0 Å². The topological polar surface area (TPSA) is 17.1 Å². The van der Waals surface area contributed by atoms with Crippen LogP contribution in [0, 0.1) is 0 Å². The predicted molar refractivity (Wildman–Crippen MR) is 61.0 cm³/mol. The molecule has 0 fully saturated rings. The van der Waals surface area contributed by atoms with E-state index in [1.54, 1.807) is 13.0 Å². The molecule has 1 nitrogen and oxygen atoms in total. The third-order valence-electron chi connectivity index (χ3n) is 1.56. The second kappa shape index (κ2) is 4.20. The minimum Gasteiger partial charge on any atom is -0.289 e. The lowest BCUT2D eigenvalue weighted by Gasteiger charge is -2.02. The number of ketones is 1. The quantitative estimate of drug-likeness (QED) is 0.597. The van der Waals surface area contributed by atoms with Gasteiger partial charge >= 0.3 is 0 Å². The van der Waals surface area contributed by atoms with Gasteiger partial charge in [0.2, 0.25) is 0 Å². The van der Waals surface area contributed by atoms with Crippen molar-refractivity contribution in [2.75, 3.05) is 0 Å². The Morgan fingerprint density at radius 3 is 2.46 bits per heavy atom. The van der Waals surface area contributed by atoms with Gasteiger partial charge in [0.1, 0.15) is 0 Å². The van der Waals surface area contributed by atoms with Gasteiger partial charge in [-0.3, -0.25) is 4.79 Å². The highest BCUT2D eigenvalue weighted by Gasteiger charge is 2.10. The summed E-state index contributed by atoms with van der Waals surface area (Å²) >= 11 is 6.64. The SMILES string of the molecule is C=C(C)C(=O)c1ccc(Br)cc1Br. The van der Waals surface area contributed by atoms with E-state index in [2.05, 4.69) is 38.4 Å². The van der Waals surface area contributed by atoms with E-state index in [-0.39, 0.29) is 5.78 Å². The molecule has 0 spiro atoms. The molecule has 0 heterocycles. The van der Waals surface area contributed by atoms with Gasteiger partial charge in [-0.05, 0) is 46.6 Å². The zero-order chi connectivity index (χ0) is 10.0. The van der Waals surface area contributed by atoms with Crippen molar-refractivity contribution < 1.29 is 4.79 Å². The first-order chi connectivity index (χ1) is 6.02. The molecule has 0 saturated heterocycles. The van der Waals surface area contributed by atoms with E-state index in [4.69, 9.17) is 0 Å². The highest BCUT2D eigenvalue weighted by atomic mass is 79.9. The number of benzene rings is 1. The summed E-state index contributed by atoms with van der Waals surface area (Å²) in [5.74, 6) is -0.0284. The van der Waals surface area contributed by atoms with Crippen molar-refractivity contribution in [2.45, 2.75) is 6.92 Å².